The molecular weight excluding hydrogens is 342 g/mol. The third kappa shape index (κ3) is 3.40. The summed E-state index contributed by atoms with van der Waals surface area (Å²) in [6, 6.07) is 9.31. The van der Waals surface area contributed by atoms with Crippen LogP contribution in [-0.2, 0) is 13.0 Å². The summed E-state index contributed by atoms with van der Waals surface area (Å²) in [6.07, 6.45) is 8.04. The first-order valence-corrected chi connectivity index (χ1v) is 10.9. The normalized spacial score (nSPS) is 26.2. The largest absolute Gasteiger partial charge is 0.490 e. The summed E-state index contributed by atoms with van der Waals surface area (Å²) in [6.45, 7) is 4.56. The van der Waals surface area contributed by atoms with Gasteiger partial charge in [0.1, 0.15) is 16.9 Å². The predicted molar refractivity (Wildman–Crippen MR) is 106 cm³/mol. The zero-order valence-corrected chi connectivity index (χ0v) is 16.1. The average Bonchev–Trinajstić information content (AvgIpc) is 3.10. The van der Waals surface area contributed by atoms with E-state index < -0.39 is 0 Å². The lowest BCUT2D eigenvalue weighted by atomic mass is 9.86. The Balaban J connectivity index is 1.18. The van der Waals surface area contributed by atoms with Crippen LogP contribution in [0, 0.1) is 0 Å². The number of nitrogens with one attached hydrogen (secondary N) is 1. The van der Waals surface area contributed by atoms with E-state index in [1.807, 2.05) is 11.3 Å². The molecule has 3 heterocycles. The highest BCUT2D eigenvalue weighted by atomic mass is 32.1. The molecule has 1 saturated heterocycles. The molecule has 0 unspecified atom stereocenters. The minimum atomic E-state index is 0.394. The second kappa shape index (κ2) is 7.29. The number of likely N-dealkylation sites (tertiary alicyclic amines) is 1. The number of thiazole rings is 1. The van der Waals surface area contributed by atoms with Crippen molar-refractivity contribution in [1.82, 2.24) is 15.2 Å². The molecular formula is C21H27N3OS. The molecule has 1 aliphatic carbocycles. The van der Waals surface area contributed by atoms with Crippen molar-refractivity contribution in [1.29, 1.82) is 0 Å². The summed E-state index contributed by atoms with van der Waals surface area (Å²) in [4.78, 5) is 8.92. The minimum Gasteiger partial charge on any atom is -0.490 e. The molecule has 5 heteroatoms. The van der Waals surface area contributed by atoms with Crippen LogP contribution in [0.1, 0.15) is 42.7 Å². The second-order valence-corrected chi connectivity index (χ2v) is 8.89. The number of aromatic nitrogens is 1. The van der Waals surface area contributed by atoms with Gasteiger partial charge in [0.25, 0.3) is 0 Å². The van der Waals surface area contributed by atoms with E-state index in [1.54, 1.807) is 0 Å². The molecule has 0 amide bonds. The molecule has 4 nitrogen and oxygen atoms in total. The first-order valence-electron chi connectivity index (χ1n) is 10.1. The Morgan fingerprint density at radius 3 is 2.65 bits per heavy atom. The van der Waals surface area contributed by atoms with Crippen LogP contribution in [0.2, 0.25) is 0 Å². The third-order valence-electron chi connectivity index (χ3n) is 5.98. The van der Waals surface area contributed by atoms with Crippen LogP contribution in [0.4, 0.5) is 0 Å². The molecule has 26 heavy (non-hydrogen) atoms. The molecule has 0 radical (unpaired) electrons. The highest BCUT2D eigenvalue weighted by Crippen LogP contribution is 2.34. The van der Waals surface area contributed by atoms with Gasteiger partial charge in [-0.1, -0.05) is 6.42 Å². The second-order valence-electron chi connectivity index (χ2n) is 7.80. The van der Waals surface area contributed by atoms with Crippen molar-refractivity contribution in [2.24, 2.45) is 0 Å². The quantitative estimate of drug-likeness (QED) is 0.888. The van der Waals surface area contributed by atoms with Crippen molar-refractivity contribution in [3.05, 3.63) is 34.8 Å². The van der Waals surface area contributed by atoms with Crippen molar-refractivity contribution in [2.75, 3.05) is 19.6 Å². The van der Waals surface area contributed by atoms with Crippen LogP contribution in [0.5, 0.6) is 5.75 Å². The Bertz CT molecular complexity index is 722. The first-order chi connectivity index (χ1) is 12.8. The van der Waals surface area contributed by atoms with E-state index >= 15 is 0 Å². The highest BCUT2D eigenvalue weighted by Gasteiger charge is 2.35. The maximum atomic E-state index is 6.19. The molecule has 0 atom stereocenters. The van der Waals surface area contributed by atoms with E-state index in [9.17, 15) is 0 Å². The number of rotatable bonds is 4. The summed E-state index contributed by atoms with van der Waals surface area (Å²) in [5.74, 6) is 0.999. The highest BCUT2D eigenvalue weighted by molar-refractivity contribution is 7.15. The Morgan fingerprint density at radius 1 is 1.08 bits per heavy atom. The molecule has 2 aliphatic heterocycles. The molecule has 0 spiro atoms. The van der Waals surface area contributed by atoms with Gasteiger partial charge in [0.2, 0.25) is 0 Å². The van der Waals surface area contributed by atoms with E-state index in [2.05, 4.69) is 34.5 Å². The van der Waals surface area contributed by atoms with Gasteiger partial charge in [-0.2, -0.15) is 0 Å². The van der Waals surface area contributed by atoms with Crippen molar-refractivity contribution < 1.29 is 4.74 Å². The fraction of sp³-hybridized carbons (Fsp3) is 0.571. The topological polar surface area (TPSA) is 37.4 Å². The summed E-state index contributed by atoms with van der Waals surface area (Å²) < 4.78 is 6.19. The lowest BCUT2D eigenvalue weighted by Crippen LogP contribution is -2.50. The van der Waals surface area contributed by atoms with Crippen molar-refractivity contribution in [3.63, 3.8) is 0 Å². The van der Waals surface area contributed by atoms with Gasteiger partial charge in [-0.3, -0.25) is 0 Å². The molecule has 3 aliphatic rings. The van der Waals surface area contributed by atoms with Gasteiger partial charge in [0, 0.05) is 42.4 Å². The molecule has 0 bridgehead atoms. The molecule has 1 saturated carbocycles. The predicted octanol–water partition coefficient (Wildman–Crippen LogP) is 3.85. The Labute approximate surface area is 159 Å². The fourth-order valence-corrected chi connectivity index (χ4v) is 5.42. The van der Waals surface area contributed by atoms with E-state index in [1.165, 1.54) is 61.3 Å². The van der Waals surface area contributed by atoms with Crippen molar-refractivity contribution >= 4 is 11.3 Å². The minimum absolute atomic E-state index is 0.394. The van der Waals surface area contributed by atoms with Gasteiger partial charge in [-0.25, -0.2) is 4.98 Å². The van der Waals surface area contributed by atoms with Gasteiger partial charge in [-0.05, 0) is 56.6 Å². The smallest absolute Gasteiger partial charge is 0.123 e. The SMILES string of the molecule is c1cc(-c2nc3c(s2)CCNC3)ccc1OC1CC(N2CCCCC2)C1. The third-order valence-corrected chi connectivity index (χ3v) is 7.19. The van der Waals surface area contributed by atoms with Gasteiger partial charge >= 0.3 is 0 Å². The Morgan fingerprint density at radius 2 is 1.88 bits per heavy atom. The molecule has 5 rings (SSSR count). The number of benzene rings is 1. The first kappa shape index (κ1) is 16.7. The maximum Gasteiger partial charge on any atom is 0.123 e. The number of ether oxygens (including phenoxy) is 1. The molecule has 2 fully saturated rings. The summed E-state index contributed by atoms with van der Waals surface area (Å²) in [7, 11) is 0. The number of hydrogen-bond acceptors (Lipinski definition) is 5. The molecule has 1 aromatic carbocycles. The number of nitrogens with zero attached hydrogens (tertiary/aromatic N) is 2. The van der Waals surface area contributed by atoms with Crippen LogP contribution in [0.25, 0.3) is 10.6 Å². The Hall–Kier alpha value is -1.43. The van der Waals surface area contributed by atoms with Crippen LogP contribution in [-0.4, -0.2) is 41.7 Å². The van der Waals surface area contributed by atoms with Gasteiger partial charge in [-0.15, -0.1) is 11.3 Å². The van der Waals surface area contributed by atoms with Crippen LogP contribution < -0.4 is 10.1 Å². The van der Waals surface area contributed by atoms with E-state index in [0.29, 0.717) is 6.10 Å². The van der Waals surface area contributed by atoms with E-state index in [0.717, 1.165) is 36.3 Å². The lowest BCUT2D eigenvalue weighted by Gasteiger charge is -2.44. The standard InChI is InChI=1S/C21H27N3OS/c1-2-10-24(11-3-1)16-12-18(13-16)25-17-6-4-15(5-7-17)21-23-19-14-22-9-8-20(19)26-21/h4-7,16,18,22H,1-3,8-14H2. The summed E-state index contributed by atoms with van der Waals surface area (Å²) in [5.41, 5.74) is 2.44. The number of fused-ring (bicyclic) bond motifs is 1. The zero-order valence-electron chi connectivity index (χ0n) is 15.2. The fourth-order valence-electron chi connectivity index (χ4n) is 4.33. The van der Waals surface area contributed by atoms with Crippen LogP contribution in [0.3, 0.4) is 0 Å². The van der Waals surface area contributed by atoms with Crippen LogP contribution in [0.15, 0.2) is 24.3 Å². The van der Waals surface area contributed by atoms with E-state index in [-0.39, 0.29) is 0 Å². The molecule has 1 aromatic heterocycles. The zero-order chi connectivity index (χ0) is 17.3. The molecule has 1 N–H and O–H groups in total. The van der Waals surface area contributed by atoms with Crippen LogP contribution >= 0.6 is 11.3 Å². The monoisotopic (exact) mass is 369 g/mol. The maximum absolute atomic E-state index is 6.19. The average molecular weight is 370 g/mol. The Kier molecular flexibility index (Phi) is 4.69. The lowest BCUT2D eigenvalue weighted by molar-refractivity contribution is 0.00893. The van der Waals surface area contributed by atoms with E-state index in [4.69, 9.17) is 9.72 Å². The van der Waals surface area contributed by atoms with Crippen molar-refractivity contribution in [2.45, 2.75) is 57.2 Å². The molecule has 138 valence electrons. The summed E-state index contributed by atoms with van der Waals surface area (Å²) in [5, 5.41) is 4.54. The van der Waals surface area contributed by atoms with Gasteiger partial charge < -0.3 is 15.0 Å². The molecule has 2 aromatic rings. The number of piperidine rings is 1. The summed E-state index contributed by atoms with van der Waals surface area (Å²) >= 11 is 1.84. The van der Waals surface area contributed by atoms with Crippen molar-refractivity contribution in [3.8, 4) is 16.3 Å². The van der Waals surface area contributed by atoms with Gasteiger partial charge in [0.05, 0.1) is 5.69 Å². The number of hydrogen-bond donors (Lipinski definition) is 1. The van der Waals surface area contributed by atoms with Gasteiger partial charge in [0.15, 0.2) is 0 Å².